The average molecular weight is 485 g/mol. The number of nitrogens with one attached hydrogen (secondary N) is 2. The molecule has 4 rings (SSSR count). The third kappa shape index (κ3) is 5.21. The summed E-state index contributed by atoms with van der Waals surface area (Å²) in [6.07, 6.45) is 1.97. The average Bonchev–Trinajstić information content (AvgIpc) is 3.28. The summed E-state index contributed by atoms with van der Waals surface area (Å²) in [5.74, 6) is -0.989. The van der Waals surface area contributed by atoms with E-state index in [0.717, 1.165) is 29.2 Å². The van der Waals surface area contributed by atoms with Gasteiger partial charge in [0.2, 0.25) is 5.89 Å². The summed E-state index contributed by atoms with van der Waals surface area (Å²) < 4.78 is 46.3. The number of aromatic nitrogens is 2. The largest absolute Gasteiger partial charge is 0.403 e. The van der Waals surface area contributed by atoms with E-state index in [-0.39, 0.29) is 28.1 Å². The smallest absolute Gasteiger partial charge is 0.322 e. The van der Waals surface area contributed by atoms with Gasteiger partial charge in [-0.15, -0.1) is 16.9 Å². The van der Waals surface area contributed by atoms with E-state index in [1.54, 1.807) is 23.9 Å². The Morgan fingerprint density at radius 2 is 1.67 bits per heavy atom. The Balaban J connectivity index is 1.53. The number of carbonyl (C=O) groups is 1. The minimum Gasteiger partial charge on any atom is -0.403 e. The van der Waals surface area contributed by atoms with Crippen LogP contribution in [-0.4, -0.2) is 30.8 Å². The topological polar surface area (TPSA) is 114 Å². The van der Waals surface area contributed by atoms with Crippen molar-refractivity contribution in [2.24, 2.45) is 0 Å². The first kappa shape index (κ1) is 22.5. The molecule has 4 aromatic rings. The van der Waals surface area contributed by atoms with Gasteiger partial charge in [0.15, 0.2) is 0 Å². The number of hydrogen-bond acceptors (Lipinski definition) is 7. The summed E-state index contributed by atoms with van der Waals surface area (Å²) in [5.41, 5.74) is 0.757. The van der Waals surface area contributed by atoms with Crippen LogP contribution in [0.15, 0.2) is 87.0 Å². The lowest BCUT2D eigenvalue weighted by Crippen LogP contribution is -2.18. The van der Waals surface area contributed by atoms with Crippen molar-refractivity contribution in [3.8, 4) is 11.5 Å². The summed E-state index contributed by atoms with van der Waals surface area (Å²) in [4.78, 5) is 13.7. The van der Waals surface area contributed by atoms with Crippen molar-refractivity contribution in [3.05, 3.63) is 84.2 Å². The molecule has 11 heteroatoms. The second kappa shape index (κ2) is 9.43. The van der Waals surface area contributed by atoms with Gasteiger partial charge in [-0.05, 0) is 66.9 Å². The number of amides is 1. The molecular formula is C22H17FN4O4S2. The Morgan fingerprint density at radius 1 is 0.970 bits per heavy atom. The fourth-order valence-corrected chi connectivity index (χ4v) is 4.36. The van der Waals surface area contributed by atoms with Crippen LogP contribution in [0.4, 0.5) is 16.1 Å². The molecule has 0 saturated carbocycles. The molecule has 0 unspecified atom stereocenters. The SMILES string of the molecule is CSc1ccc(-c2nnc(NC(=O)c3ccccc3NS(=O)(=O)c3ccc(F)cc3)o2)cc1. The van der Waals surface area contributed by atoms with Gasteiger partial charge in [-0.2, -0.15) is 0 Å². The van der Waals surface area contributed by atoms with Crippen LogP contribution in [0.5, 0.6) is 0 Å². The molecule has 0 radical (unpaired) electrons. The Hall–Kier alpha value is -3.70. The maximum atomic E-state index is 13.1. The lowest BCUT2D eigenvalue weighted by atomic mass is 10.2. The number of halogens is 1. The van der Waals surface area contributed by atoms with Gasteiger partial charge in [-0.1, -0.05) is 17.2 Å². The van der Waals surface area contributed by atoms with E-state index in [1.165, 1.54) is 12.1 Å². The van der Waals surface area contributed by atoms with Gasteiger partial charge in [0.25, 0.3) is 15.9 Å². The predicted molar refractivity (Wildman–Crippen MR) is 123 cm³/mol. The number of para-hydroxylation sites is 1. The third-order valence-electron chi connectivity index (χ3n) is 4.52. The van der Waals surface area contributed by atoms with Gasteiger partial charge in [0.1, 0.15) is 5.82 Å². The number of nitrogens with zero attached hydrogens (tertiary/aromatic N) is 2. The van der Waals surface area contributed by atoms with E-state index < -0.39 is 21.7 Å². The first-order valence-electron chi connectivity index (χ1n) is 9.52. The molecule has 0 aliphatic carbocycles. The van der Waals surface area contributed by atoms with Crippen LogP contribution in [0.3, 0.4) is 0 Å². The molecule has 33 heavy (non-hydrogen) atoms. The maximum absolute atomic E-state index is 13.1. The van der Waals surface area contributed by atoms with Crippen LogP contribution in [-0.2, 0) is 10.0 Å². The molecule has 0 aliphatic heterocycles. The molecule has 168 valence electrons. The third-order valence-corrected chi connectivity index (χ3v) is 6.65. The Bertz CT molecular complexity index is 1390. The van der Waals surface area contributed by atoms with Crippen molar-refractivity contribution < 1.29 is 22.0 Å². The zero-order valence-electron chi connectivity index (χ0n) is 17.2. The highest BCUT2D eigenvalue weighted by molar-refractivity contribution is 7.98. The number of thioether (sulfide) groups is 1. The summed E-state index contributed by atoms with van der Waals surface area (Å²) in [6.45, 7) is 0. The summed E-state index contributed by atoms with van der Waals surface area (Å²) in [6, 6.07) is 17.7. The highest BCUT2D eigenvalue weighted by Gasteiger charge is 2.20. The van der Waals surface area contributed by atoms with Crippen LogP contribution in [0.2, 0.25) is 0 Å². The van der Waals surface area contributed by atoms with Crippen LogP contribution in [0.1, 0.15) is 10.4 Å². The van der Waals surface area contributed by atoms with Gasteiger partial charge in [0, 0.05) is 10.5 Å². The Morgan fingerprint density at radius 3 is 2.36 bits per heavy atom. The fraction of sp³-hybridized carbons (Fsp3) is 0.0455. The van der Waals surface area contributed by atoms with Crippen molar-refractivity contribution in [1.82, 2.24) is 10.2 Å². The highest BCUT2D eigenvalue weighted by Crippen LogP contribution is 2.25. The lowest BCUT2D eigenvalue weighted by Gasteiger charge is -2.12. The molecule has 3 aromatic carbocycles. The van der Waals surface area contributed by atoms with Crippen molar-refractivity contribution in [1.29, 1.82) is 0 Å². The van der Waals surface area contributed by atoms with E-state index in [0.29, 0.717) is 5.56 Å². The second-order valence-electron chi connectivity index (χ2n) is 6.70. The van der Waals surface area contributed by atoms with Crippen molar-refractivity contribution in [2.45, 2.75) is 9.79 Å². The predicted octanol–water partition coefficient (Wildman–Crippen LogP) is 4.65. The van der Waals surface area contributed by atoms with Crippen LogP contribution in [0, 0.1) is 5.82 Å². The van der Waals surface area contributed by atoms with Crippen LogP contribution >= 0.6 is 11.8 Å². The molecule has 8 nitrogen and oxygen atoms in total. The molecule has 1 aromatic heterocycles. The van der Waals surface area contributed by atoms with Gasteiger partial charge < -0.3 is 4.42 Å². The van der Waals surface area contributed by atoms with Gasteiger partial charge >= 0.3 is 6.01 Å². The molecule has 0 bridgehead atoms. The van der Waals surface area contributed by atoms with Crippen LogP contribution in [0.25, 0.3) is 11.5 Å². The van der Waals surface area contributed by atoms with E-state index in [9.17, 15) is 17.6 Å². The standard InChI is InChI=1S/C22H17FN4O4S2/c1-32-16-10-6-14(7-11-16)21-25-26-22(31-21)24-20(28)18-4-2-3-5-19(18)27-33(29,30)17-12-8-15(23)9-13-17/h2-13,27H,1H3,(H,24,26,28). The summed E-state index contributed by atoms with van der Waals surface area (Å²) >= 11 is 1.60. The highest BCUT2D eigenvalue weighted by atomic mass is 32.2. The maximum Gasteiger partial charge on any atom is 0.322 e. The normalized spacial score (nSPS) is 11.2. The molecule has 1 heterocycles. The second-order valence-corrected chi connectivity index (χ2v) is 9.26. The van der Waals surface area contributed by atoms with E-state index >= 15 is 0 Å². The monoisotopic (exact) mass is 484 g/mol. The first-order valence-corrected chi connectivity index (χ1v) is 12.2. The number of carbonyl (C=O) groups excluding carboxylic acids is 1. The minimum absolute atomic E-state index is 0.0340. The van der Waals surface area contributed by atoms with Gasteiger partial charge in [0.05, 0.1) is 16.1 Å². The summed E-state index contributed by atoms with van der Waals surface area (Å²) in [5, 5.41) is 10.2. The molecule has 0 fully saturated rings. The Labute approximate surface area is 193 Å². The first-order chi connectivity index (χ1) is 15.9. The van der Waals surface area contributed by atoms with Gasteiger partial charge in [-0.25, -0.2) is 12.8 Å². The molecule has 0 spiro atoms. The lowest BCUT2D eigenvalue weighted by molar-refractivity contribution is 0.102. The molecule has 0 aliphatic rings. The number of sulfonamides is 1. The quantitative estimate of drug-likeness (QED) is 0.367. The van der Waals surface area contributed by atoms with E-state index in [2.05, 4.69) is 20.2 Å². The van der Waals surface area contributed by atoms with E-state index in [4.69, 9.17) is 4.42 Å². The zero-order valence-corrected chi connectivity index (χ0v) is 18.8. The van der Waals surface area contributed by atoms with Crippen molar-refractivity contribution >= 4 is 39.4 Å². The minimum atomic E-state index is -4.05. The van der Waals surface area contributed by atoms with Crippen molar-refractivity contribution in [3.63, 3.8) is 0 Å². The molecular weight excluding hydrogens is 467 g/mol. The van der Waals surface area contributed by atoms with E-state index in [1.807, 2.05) is 30.5 Å². The molecule has 1 amide bonds. The number of benzene rings is 3. The molecule has 2 N–H and O–H groups in total. The summed E-state index contributed by atoms with van der Waals surface area (Å²) in [7, 11) is -4.05. The number of rotatable bonds is 7. The van der Waals surface area contributed by atoms with Crippen LogP contribution < -0.4 is 10.0 Å². The molecule has 0 atom stereocenters. The van der Waals surface area contributed by atoms with Gasteiger partial charge in [-0.3, -0.25) is 14.8 Å². The fourth-order valence-electron chi connectivity index (χ4n) is 2.88. The number of anilines is 2. The van der Waals surface area contributed by atoms with Crippen molar-refractivity contribution in [2.75, 3.05) is 16.3 Å². The zero-order chi connectivity index (χ0) is 23.4. The Kier molecular flexibility index (Phi) is 6.43. The number of hydrogen-bond donors (Lipinski definition) is 2. The molecule has 0 saturated heterocycles.